The van der Waals surface area contributed by atoms with Gasteiger partial charge in [0, 0.05) is 13.3 Å². The summed E-state index contributed by atoms with van der Waals surface area (Å²) >= 11 is 0. The zero-order valence-corrected chi connectivity index (χ0v) is 9.95. The van der Waals surface area contributed by atoms with Crippen LogP contribution in [0.1, 0.15) is 25.8 Å². The minimum atomic E-state index is 0.197. The molecule has 0 bridgehead atoms. The third-order valence-electron chi connectivity index (χ3n) is 2.30. The van der Waals surface area contributed by atoms with E-state index in [1.54, 1.807) is 7.11 Å². The molecule has 0 amide bonds. The molecule has 0 fully saturated rings. The zero-order valence-electron chi connectivity index (χ0n) is 9.95. The maximum absolute atomic E-state index is 5.25. The number of methoxy groups -OCH3 is 1. The minimum absolute atomic E-state index is 0.197. The molecule has 1 atom stereocenters. The third-order valence-corrected chi connectivity index (χ3v) is 2.30. The Balaban J connectivity index is 0.000000531. The van der Waals surface area contributed by atoms with Gasteiger partial charge in [-0.15, -0.1) is 0 Å². The SMILES string of the molecule is CC.COC1C=c2ncc(C)cc2=CC1. The third kappa shape index (κ3) is 2.90. The van der Waals surface area contributed by atoms with Crippen molar-refractivity contribution in [1.82, 2.24) is 4.98 Å². The Morgan fingerprint density at radius 1 is 1.40 bits per heavy atom. The van der Waals surface area contributed by atoms with Gasteiger partial charge in [0.05, 0.1) is 11.5 Å². The van der Waals surface area contributed by atoms with E-state index in [0.717, 1.165) is 11.8 Å². The number of ether oxygens (including phenoxy) is 1. The lowest BCUT2D eigenvalue weighted by atomic mass is 10.1. The maximum atomic E-state index is 5.25. The number of pyridine rings is 1. The topological polar surface area (TPSA) is 22.1 Å². The summed E-state index contributed by atoms with van der Waals surface area (Å²) in [5.74, 6) is 0. The van der Waals surface area contributed by atoms with Crippen LogP contribution in [-0.4, -0.2) is 18.2 Å². The standard InChI is InChI=1S/C11H13NO.C2H6/c1-8-5-9-3-4-10(13-2)6-11(9)12-7-8;1-2/h3,5-7,10H,4H2,1-2H3;1-2H3. The van der Waals surface area contributed by atoms with Crippen LogP contribution in [0.25, 0.3) is 12.2 Å². The van der Waals surface area contributed by atoms with Gasteiger partial charge in [0.2, 0.25) is 0 Å². The molecule has 2 heteroatoms. The Labute approximate surface area is 91.3 Å². The van der Waals surface area contributed by atoms with E-state index in [1.807, 2.05) is 20.0 Å². The van der Waals surface area contributed by atoms with Crippen molar-refractivity contribution in [2.24, 2.45) is 0 Å². The van der Waals surface area contributed by atoms with Gasteiger partial charge in [-0.05, 0) is 36.3 Å². The van der Waals surface area contributed by atoms with E-state index in [-0.39, 0.29) is 6.10 Å². The molecule has 1 aliphatic rings. The van der Waals surface area contributed by atoms with Crippen LogP contribution in [0.4, 0.5) is 0 Å². The van der Waals surface area contributed by atoms with Crippen molar-refractivity contribution in [2.45, 2.75) is 33.3 Å². The van der Waals surface area contributed by atoms with E-state index >= 15 is 0 Å². The molecule has 0 spiro atoms. The summed E-state index contributed by atoms with van der Waals surface area (Å²) < 4.78 is 5.25. The number of fused-ring (bicyclic) bond motifs is 1. The second-order valence-electron chi connectivity index (χ2n) is 3.37. The van der Waals surface area contributed by atoms with Crippen LogP contribution in [0.15, 0.2) is 12.3 Å². The van der Waals surface area contributed by atoms with Gasteiger partial charge in [-0.25, -0.2) is 0 Å². The molecular weight excluding hydrogens is 186 g/mol. The van der Waals surface area contributed by atoms with E-state index < -0.39 is 0 Å². The Kier molecular flexibility index (Phi) is 4.50. The quantitative estimate of drug-likeness (QED) is 0.691. The monoisotopic (exact) mass is 205 g/mol. The molecule has 82 valence electrons. The van der Waals surface area contributed by atoms with E-state index in [9.17, 15) is 0 Å². The van der Waals surface area contributed by atoms with Gasteiger partial charge in [-0.1, -0.05) is 19.9 Å². The first kappa shape index (κ1) is 11.9. The maximum Gasteiger partial charge on any atom is 0.0810 e. The minimum Gasteiger partial charge on any atom is -0.377 e. The molecule has 0 radical (unpaired) electrons. The second kappa shape index (κ2) is 5.66. The summed E-state index contributed by atoms with van der Waals surface area (Å²) in [5, 5.41) is 2.28. The van der Waals surface area contributed by atoms with Crippen LogP contribution in [0.3, 0.4) is 0 Å². The molecule has 1 unspecified atom stereocenters. The normalized spacial score (nSPS) is 17.7. The summed E-state index contributed by atoms with van der Waals surface area (Å²) in [7, 11) is 1.73. The van der Waals surface area contributed by atoms with Gasteiger partial charge in [0.25, 0.3) is 0 Å². The smallest absolute Gasteiger partial charge is 0.0810 e. The summed E-state index contributed by atoms with van der Waals surface area (Å²) in [5.41, 5.74) is 1.21. The fourth-order valence-electron chi connectivity index (χ4n) is 1.56. The Morgan fingerprint density at radius 3 is 2.80 bits per heavy atom. The number of hydrogen-bond donors (Lipinski definition) is 0. The van der Waals surface area contributed by atoms with Gasteiger partial charge < -0.3 is 4.74 Å². The van der Waals surface area contributed by atoms with Crippen LogP contribution >= 0.6 is 0 Å². The fourth-order valence-corrected chi connectivity index (χ4v) is 1.56. The molecule has 0 aliphatic heterocycles. The number of nitrogens with zero attached hydrogens (tertiary/aromatic N) is 1. The Morgan fingerprint density at radius 2 is 2.13 bits per heavy atom. The van der Waals surface area contributed by atoms with Crippen LogP contribution in [-0.2, 0) is 4.74 Å². The average Bonchev–Trinajstić information content (AvgIpc) is 2.31. The number of aryl methyl sites for hydroxylation is 1. The van der Waals surface area contributed by atoms with Gasteiger partial charge in [-0.3, -0.25) is 4.98 Å². The number of aromatic nitrogens is 1. The molecule has 1 aliphatic carbocycles. The van der Waals surface area contributed by atoms with Gasteiger partial charge in [0.15, 0.2) is 0 Å². The first-order valence-corrected chi connectivity index (χ1v) is 5.47. The van der Waals surface area contributed by atoms with Crippen LogP contribution in [0.2, 0.25) is 0 Å². The highest BCUT2D eigenvalue weighted by molar-refractivity contribution is 5.40. The zero-order chi connectivity index (χ0) is 11.3. The molecule has 2 rings (SSSR count). The molecule has 1 aromatic rings. The lowest BCUT2D eigenvalue weighted by Crippen LogP contribution is -2.34. The summed E-state index contributed by atoms with van der Waals surface area (Å²) in [6.07, 6.45) is 7.30. The predicted molar refractivity (Wildman–Crippen MR) is 63.9 cm³/mol. The van der Waals surface area contributed by atoms with Gasteiger partial charge in [-0.2, -0.15) is 0 Å². The van der Waals surface area contributed by atoms with Gasteiger partial charge in [0.1, 0.15) is 0 Å². The molecule has 1 heterocycles. The Hall–Kier alpha value is -1.15. The molecule has 0 N–H and O–H groups in total. The highest BCUT2D eigenvalue weighted by Crippen LogP contribution is 2.01. The number of rotatable bonds is 1. The first-order valence-electron chi connectivity index (χ1n) is 5.47. The van der Waals surface area contributed by atoms with Crippen molar-refractivity contribution in [3.63, 3.8) is 0 Å². The van der Waals surface area contributed by atoms with E-state index in [0.29, 0.717) is 0 Å². The molecule has 0 aromatic carbocycles. The second-order valence-corrected chi connectivity index (χ2v) is 3.37. The lowest BCUT2D eigenvalue weighted by molar-refractivity contribution is 0.157. The van der Waals surface area contributed by atoms with E-state index in [2.05, 4.69) is 30.1 Å². The van der Waals surface area contributed by atoms with Crippen molar-refractivity contribution >= 4 is 12.2 Å². The van der Waals surface area contributed by atoms with Crippen molar-refractivity contribution in [1.29, 1.82) is 0 Å². The molecule has 0 saturated heterocycles. The molecule has 0 saturated carbocycles. The molecular formula is C13H19NO. The van der Waals surface area contributed by atoms with Crippen LogP contribution in [0, 0.1) is 6.92 Å². The van der Waals surface area contributed by atoms with E-state index in [4.69, 9.17) is 4.74 Å². The van der Waals surface area contributed by atoms with Crippen molar-refractivity contribution in [3.8, 4) is 0 Å². The molecule has 1 aromatic heterocycles. The highest BCUT2D eigenvalue weighted by atomic mass is 16.5. The van der Waals surface area contributed by atoms with Crippen molar-refractivity contribution in [3.05, 3.63) is 28.4 Å². The number of hydrogen-bond acceptors (Lipinski definition) is 2. The molecule has 2 nitrogen and oxygen atoms in total. The predicted octanol–water partition coefficient (Wildman–Crippen LogP) is 1.40. The van der Waals surface area contributed by atoms with E-state index in [1.165, 1.54) is 10.8 Å². The largest absolute Gasteiger partial charge is 0.377 e. The van der Waals surface area contributed by atoms with Crippen LogP contribution < -0.4 is 10.6 Å². The Bertz CT molecular complexity index is 423. The summed E-state index contributed by atoms with van der Waals surface area (Å²) in [4.78, 5) is 4.35. The lowest BCUT2D eigenvalue weighted by Gasteiger charge is -2.11. The van der Waals surface area contributed by atoms with Crippen LogP contribution in [0.5, 0.6) is 0 Å². The average molecular weight is 205 g/mol. The summed E-state index contributed by atoms with van der Waals surface area (Å²) in [6, 6.07) is 2.16. The van der Waals surface area contributed by atoms with Crippen molar-refractivity contribution in [2.75, 3.05) is 7.11 Å². The van der Waals surface area contributed by atoms with Gasteiger partial charge >= 0.3 is 0 Å². The highest BCUT2D eigenvalue weighted by Gasteiger charge is 2.05. The summed E-state index contributed by atoms with van der Waals surface area (Å²) in [6.45, 7) is 6.06. The first-order chi connectivity index (χ1) is 7.29. The fraction of sp³-hybridized carbons (Fsp3) is 0.462. The molecule has 15 heavy (non-hydrogen) atoms. The van der Waals surface area contributed by atoms with Crippen molar-refractivity contribution < 1.29 is 4.74 Å².